The van der Waals surface area contributed by atoms with E-state index in [1.165, 1.54) is 30.0 Å². The highest BCUT2D eigenvalue weighted by Gasteiger charge is 2.31. The number of nitrogens with one attached hydrogen (secondary N) is 1. The molecule has 6 heteroatoms. The van der Waals surface area contributed by atoms with Crippen molar-refractivity contribution in [2.24, 2.45) is 5.92 Å². The van der Waals surface area contributed by atoms with Gasteiger partial charge in [-0.3, -0.25) is 0 Å². The van der Waals surface area contributed by atoms with Crippen molar-refractivity contribution in [2.45, 2.75) is 57.4 Å². The smallest absolute Gasteiger partial charge is 0.279 e. The van der Waals surface area contributed by atoms with Crippen molar-refractivity contribution >= 4 is 10.2 Å². The Balaban J connectivity index is 1.82. The lowest BCUT2D eigenvalue weighted by Crippen LogP contribution is -2.50. The topological polar surface area (TPSA) is 69.6 Å². The predicted molar refractivity (Wildman–Crippen MR) is 74.9 cm³/mol. The lowest BCUT2D eigenvalue weighted by Gasteiger charge is -2.33. The van der Waals surface area contributed by atoms with Crippen molar-refractivity contribution in [3.8, 4) is 0 Å². The average Bonchev–Trinajstić information content (AvgIpc) is 2.91. The molecule has 2 rings (SSSR count). The van der Waals surface area contributed by atoms with E-state index in [0.29, 0.717) is 19.0 Å². The largest absolute Gasteiger partial charge is 0.395 e. The van der Waals surface area contributed by atoms with Crippen LogP contribution < -0.4 is 4.72 Å². The van der Waals surface area contributed by atoms with Crippen LogP contribution in [0.1, 0.15) is 51.4 Å². The Morgan fingerprint density at radius 2 is 1.79 bits per heavy atom. The summed E-state index contributed by atoms with van der Waals surface area (Å²) >= 11 is 0. The van der Waals surface area contributed by atoms with Crippen molar-refractivity contribution in [3.05, 3.63) is 0 Å². The Labute approximate surface area is 116 Å². The van der Waals surface area contributed by atoms with Gasteiger partial charge in [0.1, 0.15) is 0 Å². The van der Waals surface area contributed by atoms with E-state index in [2.05, 4.69) is 4.72 Å². The number of piperidine rings is 1. The van der Waals surface area contributed by atoms with Crippen LogP contribution in [0.25, 0.3) is 0 Å². The number of aliphatic hydroxyl groups is 1. The second kappa shape index (κ2) is 7.02. The van der Waals surface area contributed by atoms with Crippen LogP contribution in [0.3, 0.4) is 0 Å². The van der Waals surface area contributed by atoms with Gasteiger partial charge in [0, 0.05) is 19.1 Å². The zero-order valence-corrected chi connectivity index (χ0v) is 12.4. The van der Waals surface area contributed by atoms with Gasteiger partial charge in [-0.2, -0.15) is 12.7 Å². The molecule has 1 heterocycles. The highest BCUT2D eigenvalue weighted by atomic mass is 32.2. The van der Waals surface area contributed by atoms with E-state index in [-0.39, 0.29) is 12.6 Å². The van der Waals surface area contributed by atoms with Crippen LogP contribution in [0, 0.1) is 5.92 Å². The summed E-state index contributed by atoms with van der Waals surface area (Å²) in [5.74, 6) is 0.692. The number of aliphatic hydroxyl groups excluding tert-OH is 1. The fraction of sp³-hybridized carbons (Fsp3) is 1.00. The molecule has 2 aliphatic rings. The third kappa shape index (κ3) is 4.15. The lowest BCUT2D eigenvalue weighted by atomic mass is 10.1. The van der Waals surface area contributed by atoms with Gasteiger partial charge >= 0.3 is 0 Å². The summed E-state index contributed by atoms with van der Waals surface area (Å²) in [6, 6.07) is -0.238. The molecule has 0 bridgehead atoms. The minimum Gasteiger partial charge on any atom is -0.395 e. The maximum Gasteiger partial charge on any atom is 0.279 e. The summed E-state index contributed by atoms with van der Waals surface area (Å²) in [7, 11) is -3.41. The van der Waals surface area contributed by atoms with Crippen molar-refractivity contribution < 1.29 is 13.5 Å². The summed E-state index contributed by atoms with van der Waals surface area (Å²) in [6.45, 7) is 0.981. The number of rotatable bonds is 6. The summed E-state index contributed by atoms with van der Waals surface area (Å²) in [4.78, 5) is 0. The molecule has 2 fully saturated rings. The fourth-order valence-electron chi connectivity index (χ4n) is 3.25. The van der Waals surface area contributed by atoms with Crippen LogP contribution in [0.2, 0.25) is 0 Å². The standard InChI is InChI=1S/C13H26N2O3S/c16-11-13-7-3-4-10-15(13)19(17,18)14-9-8-12-5-1-2-6-12/h12-14,16H,1-11H2. The van der Waals surface area contributed by atoms with Gasteiger partial charge in [-0.05, 0) is 25.2 Å². The molecule has 0 aromatic rings. The molecule has 1 saturated carbocycles. The zero-order valence-electron chi connectivity index (χ0n) is 11.6. The SMILES string of the molecule is O=S(=O)(NCCC1CCCC1)N1CCCCC1CO. The first-order valence-corrected chi connectivity index (χ1v) is 8.95. The van der Waals surface area contributed by atoms with Gasteiger partial charge in [0.2, 0.25) is 0 Å². The quantitative estimate of drug-likeness (QED) is 0.773. The monoisotopic (exact) mass is 290 g/mol. The van der Waals surface area contributed by atoms with E-state index in [1.807, 2.05) is 0 Å². The second-order valence-electron chi connectivity index (χ2n) is 5.78. The van der Waals surface area contributed by atoms with Crippen molar-refractivity contribution in [3.63, 3.8) is 0 Å². The van der Waals surface area contributed by atoms with Crippen LogP contribution in [-0.2, 0) is 10.2 Å². The van der Waals surface area contributed by atoms with Crippen LogP contribution in [-0.4, -0.2) is 43.6 Å². The van der Waals surface area contributed by atoms with E-state index in [9.17, 15) is 13.5 Å². The number of nitrogens with zero attached hydrogens (tertiary/aromatic N) is 1. The zero-order chi connectivity index (χ0) is 13.7. The molecule has 1 unspecified atom stereocenters. The van der Waals surface area contributed by atoms with E-state index in [4.69, 9.17) is 0 Å². The van der Waals surface area contributed by atoms with Crippen LogP contribution in [0.4, 0.5) is 0 Å². The molecular formula is C13H26N2O3S. The van der Waals surface area contributed by atoms with Gasteiger partial charge in [0.15, 0.2) is 0 Å². The average molecular weight is 290 g/mol. The molecule has 1 aliphatic heterocycles. The fourth-order valence-corrected chi connectivity index (χ4v) is 4.72. The van der Waals surface area contributed by atoms with E-state index < -0.39 is 10.2 Å². The van der Waals surface area contributed by atoms with E-state index in [0.717, 1.165) is 25.7 Å². The molecule has 112 valence electrons. The maximum atomic E-state index is 12.2. The lowest BCUT2D eigenvalue weighted by molar-refractivity contribution is 0.154. The van der Waals surface area contributed by atoms with Crippen LogP contribution in [0.5, 0.6) is 0 Å². The van der Waals surface area contributed by atoms with Gasteiger partial charge < -0.3 is 5.11 Å². The maximum absolute atomic E-state index is 12.2. The molecule has 0 aromatic heterocycles. The van der Waals surface area contributed by atoms with Crippen molar-refractivity contribution in [1.29, 1.82) is 0 Å². The van der Waals surface area contributed by atoms with Gasteiger partial charge in [-0.15, -0.1) is 0 Å². The van der Waals surface area contributed by atoms with Crippen LogP contribution >= 0.6 is 0 Å². The molecule has 1 atom stereocenters. The molecule has 1 saturated heterocycles. The highest BCUT2D eigenvalue weighted by Crippen LogP contribution is 2.27. The van der Waals surface area contributed by atoms with Gasteiger partial charge in [0.05, 0.1) is 6.61 Å². The van der Waals surface area contributed by atoms with Crippen LogP contribution in [0.15, 0.2) is 0 Å². The molecule has 2 N–H and O–H groups in total. The Morgan fingerprint density at radius 1 is 1.11 bits per heavy atom. The molecule has 0 spiro atoms. The predicted octanol–water partition coefficient (Wildman–Crippen LogP) is 1.25. The molecule has 5 nitrogen and oxygen atoms in total. The summed E-state index contributed by atoms with van der Waals surface area (Å²) in [5, 5.41) is 9.29. The van der Waals surface area contributed by atoms with Crippen molar-refractivity contribution in [2.75, 3.05) is 19.7 Å². The van der Waals surface area contributed by atoms with E-state index >= 15 is 0 Å². The first-order chi connectivity index (χ1) is 9.13. The van der Waals surface area contributed by atoms with Gasteiger partial charge in [0.25, 0.3) is 10.2 Å². The van der Waals surface area contributed by atoms with Gasteiger partial charge in [-0.1, -0.05) is 32.1 Å². The first kappa shape index (κ1) is 15.2. The Kier molecular flexibility index (Phi) is 5.62. The molecule has 1 aliphatic carbocycles. The summed E-state index contributed by atoms with van der Waals surface area (Å²) < 4.78 is 28.6. The van der Waals surface area contributed by atoms with E-state index in [1.54, 1.807) is 0 Å². The highest BCUT2D eigenvalue weighted by molar-refractivity contribution is 7.87. The van der Waals surface area contributed by atoms with Crippen molar-refractivity contribution in [1.82, 2.24) is 9.03 Å². The number of hydrogen-bond donors (Lipinski definition) is 2. The Hall–Kier alpha value is -0.170. The Bertz CT molecular complexity index is 366. The molecular weight excluding hydrogens is 264 g/mol. The first-order valence-electron chi connectivity index (χ1n) is 7.51. The van der Waals surface area contributed by atoms with Gasteiger partial charge in [-0.25, -0.2) is 4.72 Å². The molecule has 0 aromatic carbocycles. The molecule has 19 heavy (non-hydrogen) atoms. The summed E-state index contributed by atoms with van der Waals surface area (Å²) in [6.07, 6.45) is 8.65. The molecule has 0 amide bonds. The normalized spacial score (nSPS) is 26.9. The molecule has 0 radical (unpaired) electrons. The minimum atomic E-state index is -3.41. The summed E-state index contributed by atoms with van der Waals surface area (Å²) in [5.41, 5.74) is 0. The minimum absolute atomic E-state index is 0.0798. The number of hydrogen-bond acceptors (Lipinski definition) is 3. The third-order valence-electron chi connectivity index (χ3n) is 4.40. The third-order valence-corrected chi connectivity index (χ3v) is 6.07. The Morgan fingerprint density at radius 3 is 2.47 bits per heavy atom. The second-order valence-corrected chi connectivity index (χ2v) is 7.49.